The van der Waals surface area contributed by atoms with E-state index in [0.29, 0.717) is 18.8 Å². The van der Waals surface area contributed by atoms with Crippen LogP contribution >= 0.6 is 0 Å². The number of aromatic nitrogens is 3. The largest absolute Gasteiger partial charge is 0.393 e. The summed E-state index contributed by atoms with van der Waals surface area (Å²) in [4.78, 5) is 15.4. The third kappa shape index (κ3) is 2.92. The number of hydrogen-bond donors (Lipinski definition) is 1. The molecule has 1 unspecified atom stereocenters. The van der Waals surface area contributed by atoms with Crippen molar-refractivity contribution < 1.29 is 13.2 Å². The van der Waals surface area contributed by atoms with Gasteiger partial charge in [-0.25, -0.2) is 9.48 Å². The van der Waals surface area contributed by atoms with Gasteiger partial charge >= 0.3 is 11.9 Å². The van der Waals surface area contributed by atoms with Crippen molar-refractivity contribution in [2.24, 2.45) is 13.0 Å². The topological polar surface area (TPSA) is 53.9 Å². The van der Waals surface area contributed by atoms with Gasteiger partial charge in [0, 0.05) is 13.6 Å². The highest BCUT2D eigenvalue weighted by Crippen LogP contribution is 2.33. The van der Waals surface area contributed by atoms with E-state index in [1.165, 1.54) is 7.05 Å². The molecule has 1 aliphatic rings. The van der Waals surface area contributed by atoms with E-state index in [1.54, 1.807) is 4.90 Å². The molecule has 2 heterocycles. The van der Waals surface area contributed by atoms with Crippen LogP contribution in [0.25, 0.3) is 0 Å². The monoisotopic (exact) mass is 264 g/mol. The summed E-state index contributed by atoms with van der Waals surface area (Å²) >= 11 is 0. The molecule has 1 aromatic rings. The van der Waals surface area contributed by atoms with Crippen LogP contribution in [0.2, 0.25) is 0 Å². The highest BCUT2D eigenvalue weighted by Gasteiger charge is 2.41. The lowest BCUT2D eigenvalue weighted by Crippen LogP contribution is -2.41. The lowest BCUT2D eigenvalue weighted by atomic mass is 9.97. The quantitative estimate of drug-likeness (QED) is 0.862. The van der Waals surface area contributed by atoms with Crippen LogP contribution in [0.4, 0.5) is 13.2 Å². The van der Waals surface area contributed by atoms with E-state index in [4.69, 9.17) is 0 Å². The highest BCUT2D eigenvalue weighted by molar-refractivity contribution is 4.85. The maximum absolute atomic E-state index is 12.6. The van der Waals surface area contributed by atoms with Gasteiger partial charge < -0.3 is 0 Å². The molecule has 0 saturated carbocycles. The van der Waals surface area contributed by atoms with E-state index in [2.05, 4.69) is 10.1 Å². The molecule has 1 N–H and O–H groups in total. The third-order valence-corrected chi connectivity index (χ3v) is 3.16. The van der Waals surface area contributed by atoms with E-state index >= 15 is 0 Å². The Balaban J connectivity index is 1.99. The fraction of sp³-hybridized carbons (Fsp3) is 0.800. The van der Waals surface area contributed by atoms with Crippen molar-refractivity contribution in [1.29, 1.82) is 0 Å². The molecule has 102 valence electrons. The zero-order valence-electron chi connectivity index (χ0n) is 10.00. The van der Waals surface area contributed by atoms with Gasteiger partial charge in [0.1, 0.15) is 5.82 Å². The van der Waals surface area contributed by atoms with Gasteiger partial charge in [-0.2, -0.15) is 18.3 Å². The second-order valence-corrected chi connectivity index (χ2v) is 4.62. The van der Waals surface area contributed by atoms with Crippen molar-refractivity contribution in [3.8, 4) is 0 Å². The number of aromatic amines is 1. The summed E-state index contributed by atoms with van der Waals surface area (Å²) in [5.74, 6) is -0.869. The van der Waals surface area contributed by atoms with Gasteiger partial charge in [0.15, 0.2) is 0 Å². The fourth-order valence-corrected chi connectivity index (χ4v) is 2.21. The molecule has 1 saturated heterocycles. The number of nitrogens with one attached hydrogen (secondary N) is 1. The predicted molar refractivity (Wildman–Crippen MR) is 57.9 cm³/mol. The molecule has 0 spiro atoms. The van der Waals surface area contributed by atoms with Crippen molar-refractivity contribution in [3.05, 3.63) is 16.3 Å². The summed E-state index contributed by atoms with van der Waals surface area (Å²) in [7, 11) is 1.50. The Morgan fingerprint density at radius 2 is 2.22 bits per heavy atom. The van der Waals surface area contributed by atoms with E-state index in [1.807, 2.05) is 0 Å². The molecular formula is C10H15F3N4O. The molecular weight excluding hydrogens is 249 g/mol. The fourth-order valence-electron chi connectivity index (χ4n) is 2.21. The number of likely N-dealkylation sites (tertiary alicyclic amines) is 1. The van der Waals surface area contributed by atoms with Crippen molar-refractivity contribution >= 4 is 0 Å². The molecule has 1 aliphatic heterocycles. The number of rotatable bonds is 2. The zero-order valence-corrected chi connectivity index (χ0v) is 10.00. The lowest BCUT2D eigenvalue weighted by Gasteiger charge is -2.32. The number of halogens is 3. The molecule has 8 heteroatoms. The van der Waals surface area contributed by atoms with Gasteiger partial charge in [0.2, 0.25) is 0 Å². The Hall–Kier alpha value is -1.31. The first-order valence-electron chi connectivity index (χ1n) is 5.77. The molecule has 5 nitrogen and oxygen atoms in total. The van der Waals surface area contributed by atoms with Crippen molar-refractivity contribution in [3.63, 3.8) is 0 Å². The Morgan fingerprint density at radius 1 is 1.50 bits per heavy atom. The van der Waals surface area contributed by atoms with E-state index < -0.39 is 12.1 Å². The third-order valence-electron chi connectivity index (χ3n) is 3.16. The van der Waals surface area contributed by atoms with E-state index in [-0.39, 0.29) is 25.2 Å². The van der Waals surface area contributed by atoms with Gasteiger partial charge in [-0.05, 0) is 19.4 Å². The summed E-state index contributed by atoms with van der Waals surface area (Å²) in [5, 5.41) is 3.92. The van der Waals surface area contributed by atoms with Crippen LogP contribution in [0.5, 0.6) is 0 Å². The summed E-state index contributed by atoms with van der Waals surface area (Å²) in [6.07, 6.45) is -3.45. The molecule has 0 amide bonds. The predicted octanol–water partition coefficient (Wildman–Crippen LogP) is 0.883. The number of H-pyrrole nitrogens is 1. The Labute approximate surface area is 102 Å². The highest BCUT2D eigenvalue weighted by atomic mass is 19.4. The summed E-state index contributed by atoms with van der Waals surface area (Å²) in [6.45, 7) is 0.829. The Kier molecular flexibility index (Phi) is 3.47. The molecule has 2 rings (SSSR count). The first kappa shape index (κ1) is 13.1. The summed E-state index contributed by atoms with van der Waals surface area (Å²) in [6, 6.07) is 0. The van der Waals surface area contributed by atoms with E-state index in [0.717, 1.165) is 4.68 Å². The van der Waals surface area contributed by atoms with E-state index in [9.17, 15) is 18.0 Å². The molecule has 1 fully saturated rings. The smallest absolute Gasteiger partial charge is 0.295 e. The Morgan fingerprint density at radius 3 is 2.78 bits per heavy atom. The van der Waals surface area contributed by atoms with Crippen molar-refractivity contribution in [2.45, 2.75) is 25.6 Å². The van der Waals surface area contributed by atoms with Crippen LogP contribution in [-0.2, 0) is 13.6 Å². The second-order valence-electron chi connectivity index (χ2n) is 4.62. The van der Waals surface area contributed by atoms with Crippen LogP contribution in [0.3, 0.4) is 0 Å². The maximum Gasteiger partial charge on any atom is 0.393 e. The number of piperidine rings is 1. The van der Waals surface area contributed by atoms with Gasteiger partial charge in [-0.15, -0.1) is 0 Å². The second kappa shape index (κ2) is 4.75. The molecule has 1 atom stereocenters. The SMILES string of the molecule is Cn1nc(CN2CCCC(C(F)(F)F)C2)[nH]c1=O. The standard InChI is InChI=1S/C10H15F3N4O/c1-16-9(18)14-8(15-16)6-17-4-2-3-7(5-17)10(11,12)13/h7H,2-6H2,1H3,(H,14,15,18). The minimum Gasteiger partial charge on any atom is -0.295 e. The van der Waals surface area contributed by atoms with Gasteiger partial charge in [0.25, 0.3) is 0 Å². The molecule has 0 bridgehead atoms. The average molecular weight is 264 g/mol. The lowest BCUT2D eigenvalue weighted by molar-refractivity contribution is -0.187. The van der Waals surface area contributed by atoms with Crippen molar-refractivity contribution in [1.82, 2.24) is 19.7 Å². The molecule has 18 heavy (non-hydrogen) atoms. The summed E-state index contributed by atoms with van der Waals surface area (Å²) < 4.78 is 39.0. The normalized spacial score (nSPS) is 22.3. The van der Waals surface area contributed by atoms with Crippen LogP contribution in [0.15, 0.2) is 4.79 Å². The first-order chi connectivity index (χ1) is 8.36. The van der Waals surface area contributed by atoms with Crippen LogP contribution in [0.1, 0.15) is 18.7 Å². The van der Waals surface area contributed by atoms with Crippen LogP contribution in [0, 0.1) is 5.92 Å². The van der Waals surface area contributed by atoms with Crippen LogP contribution < -0.4 is 5.69 Å². The van der Waals surface area contributed by atoms with Crippen LogP contribution in [-0.4, -0.2) is 38.9 Å². The maximum atomic E-state index is 12.6. The molecule has 1 aromatic heterocycles. The number of nitrogens with zero attached hydrogens (tertiary/aromatic N) is 3. The molecule has 0 aromatic carbocycles. The zero-order chi connectivity index (χ0) is 13.3. The Bertz CT molecular complexity index is 464. The van der Waals surface area contributed by atoms with Gasteiger partial charge in [-0.1, -0.05) is 0 Å². The summed E-state index contributed by atoms with van der Waals surface area (Å²) in [5.41, 5.74) is -0.352. The minimum absolute atomic E-state index is 0.0257. The number of hydrogen-bond acceptors (Lipinski definition) is 3. The number of alkyl halides is 3. The molecule has 0 aliphatic carbocycles. The minimum atomic E-state index is -4.14. The van der Waals surface area contributed by atoms with Gasteiger partial charge in [-0.3, -0.25) is 9.88 Å². The van der Waals surface area contributed by atoms with Crippen molar-refractivity contribution in [2.75, 3.05) is 13.1 Å². The first-order valence-corrected chi connectivity index (χ1v) is 5.77. The number of aryl methyl sites for hydroxylation is 1. The molecule has 0 radical (unpaired) electrons. The average Bonchev–Trinajstić information content (AvgIpc) is 2.57. The van der Waals surface area contributed by atoms with Gasteiger partial charge in [0.05, 0.1) is 12.5 Å².